The Morgan fingerprint density at radius 3 is 2.65 bits per heavy atom. The van der Waals surface area contributed by atoms with E-state index < -0.39 is 11.7 Å². The van der Waals surface area contributed by atoms with Crippen molar-refractivity contribution in [1.82, 2.24) is 4.90 Å². The van der Waals surface area contributed by atoms with Crippen LogP contribution < -0.4 is 5.32 Å². The molecule has 1 unspecified atom stereocenters. The molecule has 0 bridgehead atoms. The Hall–Kier alpha value is -2.17. The first-order valence-corrected chi connectivity index (χ1v) is 11.8. The second-order valence-electron chi connectivity index (χ2n) is 10.8. The number of nitrogens with one attached hydrogen (secondary N) is 1. The maximum atomic E-state index is 14.1. The second kappa shape index (κ2) is 7.18. The lowest BCUT2D eigenvalue weighted by atomic mass is 9.48. The van der Waals surface area contributed by atoms with Crippen LogP contribution in [0.2, 0.25) is 0 Å². The minimum Gasteiger partial charge on any atom is -0.338 e. The minimum atomic E-state index is -0.509. The standard InChI is InChI=1S/C26H33FN2O2/c1-25-13-6-7-18(25)16-10-11-22-26(2,19(16)12-14-25)15-17(24(31)29(22)3)23(30)28-21-9-5-4-8-20(21)27/h4-5,8-9,15-16,18-19,22H,6-7,10-14H2,1-3H3,(H,28,30)/t16-,18-,19+,22?,25-,26+/m0/s1. The summed E-state index contributed by atoms with van der Waals surface area (Å²) in [6, 6.07) is 6.21. The van der Waals surface area contributed by atoms with E-state index in [0.717, 1.165) is 18.8 Å². The van der Waals surface area contributed by atoms with E-state index in [9.17, 15) is 14.0 Å². The van der Waals surface area contributed by atoms with Gasteiger partial charge in [-0.2, -0.15) is 0 Å². The molecular formula is C26H33FN2O2. The third-order valence-corrected chi connectivity index (χ3v) is 9.35. The summed E-state index contributed by atoms with van der Waals surface area (Å²) in [7, 11) is 1.83. The second-order valence-corrected chi connectivity index (χ2v) is 10.8. The Labute approximate surface area is 184 Å². The molecule has 1 N–H and O–H groups in total. The molecule has 4 aliphatic rings. The number of hydrogen-bond donors (Lipinski definition) is 1. The van der Waals surface area contributed by atoms with Crippen LogP contribution in [0, 0.1) is 34.4 Å². The zero-order valence-corrected chi connectivity index (χ0v) is 18.8. The van der Waals surface area contributed by atoms with Gasteiger partial charge in [-0.1, -0.05) is 38.5 Å². The van der Waals surface area contributed by atoms with Gasteiger partial charge in [0.2, 0.25) is 0 Å². The molecule has 1 aromatic rings. The average molecular weight is 425 g/mol. The first kappa shape index (κ1) is 20.7. The molecule has 166 valence electrons. The van der Waals surface area contributed by atoms with E-state index in [0.29, 0.717) is 17.3 Å². The predicted octanol–water partition coefficient (Wildman–Crippen LogP) is 5.16. The molecule has 1 aromatic carbocycles. The number of halogens is 1. The number of hydrogen-bond acceptors (Lipinski definition) is 2. The molecule has 4 nitrogen and oxygen atoms in total. The molecule has 3 fully saturated rings. The van der Waals surface area contributed by atoms with Gasteiger partial charge in [0, 0.05) is 18.5 Å². The van der Waals surface area contributed by atoms with E-state index in [1.54, 1.807) is 17.0 Å². The number of para-hydroxylation sites is 1. The highest BCUT2D eigenvalue weighted by atomic mass is 19.1. The molecule has 3 aliphatic carbocycles. The van der Waals surface area contributed by atoms with Gasteiger partial charge in [-0.15, -0.1) is 0 Å². The summed E-state index contributed by atoms with van der Waals surface area (Å²) in [6.45, 7) is 4.74. The largest absolute Gasteiger partial charge is 0.338 e. The van der Waals surface area contributed by atoms with Gasteiger partial charge in [0.25, 0.3) is 11.8 Å². The first-order valence-electron chi connectivity index (χ1n) is 11.8. The number of likely N-dealkylation sites (N-methyl/N-ethyl adjacent to an activating group) is 1. The fraction of sp³-hybridized carbons (Fsp3) is 0.615. The molecule has 0 spiro atoms. The van der Waals surface area contributed by atoms with E-state index in [-0.39, 0.29) is 28.6 Å². The monoisotopic (exact) mass is 424 g/mol. The van der Waals surface area contributed by atoms with Crippen molar-refractivity contribution in [3.8, 4) is 0 Å². The molecule has 5 rings (SSSR count). The highest BCUT2D eigenvalue weighted by Crippen LogP contribution is 2.64. The number of carbonyl (C=O) groups is 2. The molecule has 31 heavy (non-hydrogen) atoms. The number of benzene rings is 1. The van der Waals surface area contributed by atoms with Crippen LogP contribution in [-0.4, -0.2) is 29.8 Å². The molecule has 2 amide bonds. The van der Waals surface area contributed by atoms with Crippen molar-refractivity contribution in [2.24, 2.45) is 28.6 Å². The number of carbonyl (C=O) groups excluding carboxylic acids is 2. The SMILES string of the molecule is CN1C(=O)C(C(=O)Nc2ccccc2F)=C[C@@]2(C)C1CC[C@@H]1[C@H]2CC[C@]2(C)CCC[C@@H]12. The number of anilines is 1. The van der Waals surface area contributed by atoms with Crippen LogP contribution >= 0.6 is 0 Å². The van der Waals surface area contributed by atoms with Gasteiger partial charge < -0.3 is 10.2 Å². The number of fused-ring (bicyclic) bond motifs is 5. The maximum Gasteiger partial charge on any atom is 0.261 e. The lowest BCUT2D eigenvalue weighted by molar-refractivity contribution is -0.141. The normalized spacial score (nSPS) is 39.3. The molecule has 5 heteroatoms. The van der Waals surface area contributed by atoms with Crippen molar-refractivity contribution < 1.29 is 14.0 Å². The molecule has 0 radical (unpaired) electrons. The summed E-state index contributed by atoms with van der Waals surface area (Å²) >= 11 is 0. The van der Waals surface area contributed by atoms with Crippen LogP contribution in [0.25, 0.3) is 0 Å². The van der Waals surface area contributed by atoms with E-state index in [4.69, 9.17) is 0 Å². The number of nitrogens with zero attached hydrogens (tertiary/aromatic N) is 1. The highest BCUT2D eigenvalue weighted by Gasteiger charge is 2.59. The van der Waals surface area contributed by atoms with Gasteiger partial charge >= 0.3 is 0 Å². The topological polar surface area (TPSA) is 49.4 Å². The number of amides is 2. The third kappa shape index (κ3) is 3.07. The van der Waals surface area contributed by atoms with Crippen LogP contribution in [0.5, 0.6) is 0 Å². The molecule has 3 saturated carbocycles. The van der Waals surface area contributed by atoms with Crippen LogP contribution in [0.1, 0.15) is 58.8 Å². The van der Waals surface area contributed by atoms with Crippen LogP contribution in [-0.2, 0) is 9.59 Å². The van der Waals surface area contributed by atoms with Gasteiger partial charge in [0.15, 0.2) is 0 Å². The Morgan fingerprint density at radius 2 is 1.87 bits per heavy atom. The van der Waals surface area contributed by atoms with Crippen LogP contribution in [0.3, 0.4) is 0 Å². The first-order chi connectivity index (χ1) is 14.7. The maximum absolute atomic E-state index is 14.1. The van der Waals surface area contributed by atoms with Gasteiger partial charge in [-0.05, 0) is 73.8 Å². The summed E-state index contributed by atoms with van der Waals surface area (Å²) in [4.78, 5) is 28.0. The zero-order valence-electron chi connectivity index (χ0n) is 18.8. The van der Waals surface area contributed by atoms with E-state index in [1.165, 1.54) is 44.2 Å². The Balaban J connectivity index is 1.49. The van der Waals surface area contributed by atoms with Crippen LogP contribution in [0.15, 0.2) is 35.9 Å². The zero-order chi connectivity index (χ0) is 22.0. The summed E-state index contributed by atoms with van der Waals surface area (Å²) in [5.41, 5.74) is 0.509. The van der Waals surface area contributed by atoms with Crippen molar-refractivity contribution in [1.29, 1.82) is 0 Å². The highest BCUT2D eigenvalue weighted by molar-refractivity contribution is 6.23. The summed E-state index contributed by atoms with van der Waals surface area (Å²) < 4.78 is 14.1. The molecule has 1 heterocycles. The molecular weight excluding hydrogens is 391 g/mol. The van der Waals surface area contributed by atoms with Gasteiger partial charge in [-0.3, -0.25) is 9.59 Å². The fourth-order valence-electron chi connectivity index (χ4n) is 7.80. The Morgan fingerprint density at radius 1 is 1.10 bits per heavy atom. The van der Waals surface area contributed by atoms with Gasteiger partial charge in [0.05, 0.1) is 5.69 Å². The third-order valence-electron chi connectivity index (χ3n) is 9.35. The molecule has 6 atom stereocenters. The van der Waals surface area contributed by atoms with Gasteiger partial charge in [-0.25, -0.2) is 4.39 Å². The number of rotatable bonds is 2. The van der Waals surface area contributed by atoms with E-state index >= 15 is 0 Å². The van der Waals surface area contributed by atoms with E-state index in [2.05, 4.69) is 19.2 Å². The average Bonchev–Trinajstić information content (AvgIpc) is 3.14. The smallest absolute Gasteiger partial charge is 0.261 e. The van der Waals surface area contributed by atoms with Gasteiger partial charge in [0.1, 0.15) is 11.4 Å². The molecule has 1 aliphatic heterocycles. The van der Waals surface area contributed by atoms with Crippen molar-refractivity contribution in [3.05, 3.63) is 41.7 Å². The van der Waals surface area contributed by atoms with Crippen LogP contribution in [0.4, 0.5) is 10.1 Å². The van der Waals surface area contributed by atoms with Crippen molar-refractivity contribution in [2.45, 2.75) is 64.8 Å². The lowest BCUT2D eigenvalue weighted by Gasteiger charge is -2.60. The van der Waals surface area contributed by atoms with Crippen molar-refractivity contribution in [3.63, 3.8) is 0 Å². The Kier molecular flexibility index (Phi) is 4.80. The van der Waals surface area contributed by atoms with Crippen molar-refractivity contribution in [2.75, 3.05) is 12.4 Å². The Bertz CT molecular complexity index is 958. The summed E-state index contributed by atoms with van der Waals surface area (Å²) in [5.74, 6) is 0.644. The minimum absolute atomic E-state index is 0.108. The predicted molar refractivity (Wildman–Crippen MR) is 119 cm³/mol. The fourth-order valence-corrected chi connectivity index (χ4v) is 7.80. The van der Waals surface area contributed by atoms with E-state index in [1.807, 2.05) is 13.1 Å². The lowest BCUT2D eigenvalue weighted by Crippen LogP contribution is -2.60. The summed E-state index contributed by atoms with van der Waals surface area (Å²) in [6.07, 6.45) is 10.5. The molecule has 0 saturated heterocycles. The molecule has 0 aromatic heterocycles. The summed E-state index contributed by atoms with van der Waals surface area (Å²) in [5, 5.41) is 2.63. The quantitative estimate of drug-likeness (QED) is 0.667. The van der Waals surface area contributed by atoms with Crippen molar-refractivity contribution >= 4 is 17.5 Å².